The summed E-state index contributed by atoms with van der Waals surface area (Å²) in [6, 6.07) is 5.03. The highest BCUT2D eigenvalue weighted by molar-refractivity contribution is 9.10. The Kier molecular flexibility index (Phi) is 4.33. The molecule has 0 aliphatic carbocycles. The van der Waals surface area contributed by atoms with Crippen LogP contribution in [0.5, 0.6) is 0 Å². The zero-order valence-electron chi connectivity index (χ0n) is 6.35. The van der Waals surface area contributed by atoms with Gasteiger partial charge in [0, 0.05) is 4.47 Å². The largest absolute Gasteiger partial charge is 0.386 e. The molecule has 13 heavy (non-hydrogen) atoms. The van der Waals surface area contributed by atoms with Gasteiger partial charge in [-0.2, -0.15) is 0 Å². The van der Waals surface area contributed by atoms with Gasteiger partial charge in [-0.25, -0.2) is 0 Å². The number of benzene rings is 1. The van der Waals surface area contributed by atoms with Crippen molar-refractivity contribution in [2.75, 3.05) is 0 Å². The minimum absolute atomic E-state index is 0.580. The number of hydrogen-bond donors (Lipinski definition) is 1. The van der Waals surface area contributed by atoms with E-state index in [1.54, 1.807) is 18.2 Å². The maximum absolute atomic E-state index is 9.49. The number of aliphatic hydroxyl groups is 1. The van der Waals surface area contributed by atoms with E-state index in [-0.39, 0.29) is 0 Å². The fraction of sp³-hybridized carbons (Fsp3) is 0.250. The van der Waals surface area contributed by atoms with Crippen LogP contribution in [0.2, 0.25) is 5.02 Å². The summed E-state index contributed by atoms with van der Waals surface area (Å²) in [5, 5.41) is 10.1. The third-order valence-electron chi connectivity index (χ3n) is 1.52. The van der Waals surface area contributed by atoms with Crippen LogP contribution in [-0.4, -0.2) is 9.94 Å². The molecule has 0 spiro atoms. The van der Waals surface area contributed by atoms with E-state index in [0.29, 0.717) is 15.1 Å². The zero-order valence-corrected chi connectivity index (χ0v) is 10.2. The Balaban J connectivity index is 2.97. The quantitative estimate of drug-likeness (QED) is 0.821. The van der Waals surface area contributed by atoms with Gasteiger partial charge in [-0.1, -0.05) is 17.7 Å². The summed E-state index contributed by atoms with van der Waals surface area (Å²) >= 11 is 20.0. The molecule has 1 nitrogen and oxygen atoms in total. The lowest BCUT2D eigenvalue weighted by Gasteiger charge is -2.11. The lowest BCUT2D eigenvalue weighted by molar-refractivity contribution is 0.193. The molecular weight excluding hydrogens is 298 g/mol. The average molecular weight is 304 g/mol. The van der Waals surface area contributed by atoms with Crippen molar-refractivity contribution in [1.29, 1.82) is 0 Å². The van der Waals surface area contributed by atoms with Gasteiger partial charge in [0.1, 0.15) is 10.9 Å². The molecule has 1 aromatic carbocycles. The van der Waals surface area contributed by atoms with Crippen molar-refractivity contribution in [2.45, 2.75) is 10.9 Å². The van der Waals surface area contributed by atoms with Crippen LogP contribution >= 0.6 is 50.7 Å². The van der Waals surface area contributed by atoms with Gasteiger partial charge < -0.3 is 5.11 Å². The lowest BCUT2D eigenvalue weighted by Crippen LogP contribution is -2.05. The highest BCUT2D eigenvalue weighted by Crippen LogP contribution is 2.29. The highest BCUT2D eigenvalue weighted by Gasteiger charge is 2.16. The molecule has 0 amide bonds. The van der Waals surface area contributed by atoms with Crippen molar-refractivity contribution in [2.24, 2.45) is 0 Å². The fourth-order valence-electron chi connectivity index (χ4n) is 0.842. The second kappa shape index (κ2) is 4.85. The molecule has 0 heterocycles. The third kappa shape index (κ3) is 3.00. The smallest absolute Gasteiger partial charge is 0.137 e. The molecule has 1 N–H and O–H groups in total. The summed E-state index contributed by atoms with van der Waals surface area (Å²) in [6.07, 6.45) is -0.892. The van der Waals surface area contributed by atoms with Gasteiger partial charge in [0.15, 0.2) is 0 Å². The monoisotopic (exact) mass is 302 g/mol. The summed E-state index contributed by atoms with van der Waals surface area (Å²) in [7, 11) is 0. The first-order valence-corrected chi connectivity index (χ1v) is 5.48. The van der Waals surface area contributed by atoms with Crippen LogP contribution in [0.4, 0.5) is 0 Å². The van der Waals surface area contributed by atoms with E-state index >= 15 is 0 Å². The Morgan fingerprint density at radius 2 is 1.92 bits per heavy atom. The lowest BCUT2D eigenvalue weighted by atomic mass is 10.1. The summed E-state index contributed by atoms with van der Waals surface area (Å²) in [6.45, 7) is 0. The minimum atomic E-state index is -0.892. The Bertz CT molecular complexity index is 303. The van der Waals surface area contributed by atoms with Crippen molar-refractivity contribution >= 4 is 50.7 Å². The van der Waals surface area contributed by atoms with E-state index in [9.17, 15) is 5.11 Å². The van der Waals surface area contributed by atoms with Gasteiger partial charge in [0.25, 0.3) is 0 Å². The summed E-state index contributed by atoms with van der Waals surface area (Å²) in [4.78, 5) is -0.840. The Morgan fingerprint density at radius 1 is 1.31 bits per heavy atom. The van der Waals surface area contributed by atoms with E-state index in [0.717, 1.165) is 0 Å². The van der Waals surface area contributed by atoms with Crippen molar-refractivity contribution in [3.05, 3.63) is 33.3 Å². The van der Waals surface area contributed by atoms with Gasteiger partial charge in [0.05, 0.1) is 5.02 Å². The Labute approximate surface area is 99.7 Å². The third-order valence-corrected chi connectivity index (χ3v) is 3.22. The van der Waals surface area contributed by atoms with Crippen molar-refractivity contribution < 1.29 is 5.11 Å². The number of alkyl halides is 2. The van der Waals surface area contributed by atoms with E-state index < -0.39 is 10.9 Å². The van der Waals surface area contributed by atoms with Gasteiger partial charge in [-0.05, 0) is 33.6 Å². The van der Waals surface area contributed by atoms with Crippen molar-refractivity contribution in [3.8, 4) is 0 Å². The molecule has 5 heteroatoms. The summed E-state index contributed by atoms with van der Waals surface area (Å²) in [5.41, 5.74) is 0.631. The van der Waals surface area contributed by atoms with Gasteiger partial charge >= 0.3 is 0 Å². The van der Waals surface area contributed by atoms with Crippen LogP contribution in [0.25, 0.3) is 0 Å². The number of halogens is 4. The molecule has 0 aliphatic heterocycles. The van der Waals surface area contributed by atoms with E-state index in [1.807, 2.05) is 0 Å². The van der Waals surface area contributed by atoms with Gasteiger partial charge in [0.2, 0.25) is 0 Å². The van der Waals surface area contributed by atoms with E-state index in [4.69, 9.17) is 34.8 Å². The molecule has 1 rings (SSSR count). The maximum Gasteiger partial charge on any atom is 0.137 e. The minimum Gasteiger partial charge on any atom is -0.386 e. The fourth-order valence-corrected chi connectivity index (χ4v) is 1.65. The van der Waals surface area contributed by atoms with Gasteiger partial charge in [-0.15, -0.1) is 23.2 Å². The highest BCUT2D eigenvalue weighted by atomic mass is 79.9. The Hall–Kier alpha value is 0.530. The number of rotatable bonds is 2. The van der Waals surface area contributed by atoms with E-state index in [2.05, 4.69) is 15.9 Å². The van der Waals surface area contributed by atoms with E-state index in [1.165, 1.54) is 0 Å². The SMILES string of the molecule is OC(c1ccc(Cl)c(Br)c1)C(Cl)Cl. The number of hydrogen-bond acceptors (Lipinski definition) is 1. The standard InChI is InChI=1S/C8H6BrCl3O/c9-5-3-4(1-2-6(5)10)7(13)8(11)12/h1-3,7-8,13H. The molecule has 0 saturated heterocycles. The molecule has 0 bridgehead atoms. The Morgan fingerprint density at radius 3 is 2.38 bits per heavy atom. The molecule has 1 atom stereocenters. The van der Waals surface area contributed by atoms with Crippen LogP contribution in [0, 0.1) is 0 Å². The maximum atomic E-state index is 9.49. The van der Waals surface area contributed by atoms with Crippen LogP contribution in [0.1, 0.15) is 11.7 Å². The molecule has 0 saturated carbocycles. The van der Waals surface area contributed by atoms with Crippen LogP contribution in [0.15, 0.2) is 22.7 Å². The predicted molar refractivity (Wildman–Crippen MR) is 59.6 cm³/mol. The molecular formula is C8H6BrCl3O. The zero-order chi connectivity index (χ0) is 10.0. The normalized spacial score (nSPS) is 13.4. The van der Waals surface area contributed by atoms with Crippen molar-refractivity contribution in [1.82, 2.24) is 0 Å². The van der Waals surface area contributed by atoms with Gasteiger partial charge in [-0.3, -0.25) is 0 Å². The topological polar surface area (TPSA) is 20.2 Å². The molecule has 0 aliphatic rings. The first kappa shape index (κ1) is 11.6. The molecule has 0 radical (unpaired) electrons. The summed E-state index contributed by atoms with van der Waals surface area (Å²) < 4.78 is 0.708. The summed E-state index contributed by atoms with van der Waals surface area (Å²) in [5.74, 6) is 0. The van der Waals surface area contributed by atoms with Crippen LogP contribution in [0.3, 0.4) is 0 Å². The first-order chi connectivity index (χ1) is 6.02. The first-order valence-electron chi connectivity index (χ1n) is 3.43. The second-order valence-electron chi connectivity index (χ2n) is 2.45. The second-order valence-corrected chi connectivity index (χ2v) is 4.88. The molecule has 0 fully saturated rings. The molecule has 72 valence electrons. The number of aliphatic hydroxyl groups excluding tert-OH is 1. The van der Waals surface area contributed by atoms with Crippen LogP contribution < -0.4 is 0 Å². The molecule has 0 aromatic heterocycles. The van der Waals surface area contributed by atoms with Crippen LogP contribution in [-0.2, 0) is 0 Å². The molecule has 1 unspecified atom stereocenters. The average Bonchev–Trinajstić information content (AvgIpc) is 2.08. The molecule has 1 aromatic rings. The van der Waals surface area contributed by atoms with Crippen molar-refractivity contribution in [3.63, 3.8) is 0 Å². The predicted octanol–water partition coefficient (Wildman–Crippen LogP) is 3.94.